The Morgan fingerprint density at radius 1 is 0.926 bits per heavy atom. The molecular formula is C18H23N5O4. The number of hydrogen-bond donors (Lipinski definition) is 0. The van der Waals surface area contributed by atoms with E-state index >= 15 is 0 Å². The molecule has 0 amide bonds. The molecule has 3 rings (SSSR count). The lowest BCUT2D eigenvalue weighted by Gasteiger charge is -2.13. The normalized spacial score (nSPS) is 14.0. The van der Waals surface area contributed by atoms with E-state index in [4.69, 9.17) is 0 Å². The van der Waals surface area contributed by atoms with Gasteiger partial charge in [0.05, 0.1) is 12.1 Å². The monoisotopic (exact) mass is 373 g/mol. The third-order valence-corrected chi connectivity index (χ3v) is 5.46. The molecular weight excluding hydrogens is 350 g/mol. The van der Waals surface area contributed by atoms with Gasteiger partial charge in [-0.1, -0.05) is 0 Å². The van der Waals surface area contributed by atoms with E-state index in [1.807, 2.05) is 13.8 Å². The van der Waals surface area contributed by atoms with Gasteiger partial charge in [0.15, 0.2) is 22.7 Å². The molecule has 0 fully saturated rings. The molecule has 0 saturated carbocycles. The topological polar surface area (TPSA) is 100 Å². The lowest BCUT2D eigenvalue weighted by atomic mass is 10.2. The molecule has 3 aromatic heterocycles. The summed E-state index contributed by atoms with van der Waals surface area (Å²) < 4.78 is 5.65. The van der Waals surface area contributed by atoms with Crippen molar-refractivity contribution in [3.05, 3.63) is 32.2 Å². The first-order chi connectivity index (χ1) is 12.5. The van der Waals surface area contributed by atoms with Gasteiger partial charge in [0.25, 0.3) is 5.56 Å². The maximum atomic E-state index is 13.2. The molecule has 2 atom stereocenters. The van der Waals surface area contributed by atoms with Crippen molar-refractivity contribution in [1.29, 1.82) is 0 Å². The van der Waals surface area contributed by atoms with Gasteiger partial charge >= 0.3 is 5.69 Å². The number of rotatable bonds is 4. The van der Waals surface area contributed by atoms with Gasteiger partial charge < -0.3 is 4.57 Å². The van der Waals surface area contributed by atoms with E-state index in [-0.39, 0.29) is 22.7 Å². The Balaban J connectivity index is 2.58. The number of Topliss-reactive ketones (excluding diaryl/α,β-unsaturated/α-hetero) is 2. The van der Waals surface area contributed by atoms with Gasteiger partial charge in [-0.2, -0.15) is 4.98 Å². The minimum absolute atomic E-state index is 0.0424. The van der Waals surface area contributed by atoms with Gasteiger partial charge in [0, 0.05) is 18.4 Å². The highest BCUT2D eigenvalue weighted by atomic mass is 16.2. The fraction of sp³-hybridized carbons (Fsp3) is 0.500. The second kappa shape index (κ2) is 6.04. The Labute approximate surface area is 154 Å². The van der Waals surface area contributed by atoms with Crippen molar-refractivity contribution in [2.45, 2.75) is 53.6 Å². The molecule has 0 aliphatic carbocycles. The first kappa shape index (κ1) is 18.8. The number of nitrogens with zero attached hydrogens (tertiary/aromatic N) is 5. The second-order valence-electron chi connectivity index (χ2n) is 7.05. The van der Waals surface area contributed by atoms with E-state index in [0.29, 0.717) is 5.78 Å². The zero-order valence-corrected chi connectivity index (χ0v) is 16.5. The summed E-state index contributed by atoms with van der Waals surface area (Å²) >= 11 is 0. The van der Waals surface area contributed by atoms with Gasteiger partial charge in [-0.25, -0.2) is 9.36 Å². The quantitative estimate of drug-likeness (QED) is 0.681. The summed E-state index contributed by atoms with van der Waals surface area (Å²) in [6.45, 7) is 9.81. The van der Waals surface area contributed by atoms with Crippen LogP contribution in [-0.4, -0.2) is 34.7 Å². The third-order valence-electron chi connectivity index (χ3n) is 5.46. The third kappa shape index (κ3) is 2.41. The van der Waals surface area contributed by atoms with Crippen LogP contribution in [0.15, 0.2) is 9.59 Å². The van der Waals surface area contributed by atoms with Crippen molar-refractivity contribution in [2.75, 3.05) is 0 Å². The highest BCUT2D eigenvalue weighted by molar-refractivity contribution is 5.83. The SMILES string of the molecule is CC(=O)[C@H](C)n1c(=O)c2c(nc3n([C@@H](C)C(C)=O)c(C)c(C)n23)n(C)c1=O. The summed E-state index contributed by atoms with van der Waals surface area (Å²) in [7, 11) is 1.51. The lowest BCUT2D eigenvalue weighted by molar-refractivity contribution is -0.120. The Morgan fingerprint density at radius 2 is 1.44 bits per heavy atom. The summed E-state index contributed by atoms with van der Waals surface area (Å²) in [4.78, 5) is 54.1. The van der Waals surface area contributed by atoms with Crippen LogP contribution >= 0.6 is 0 Å². The van der Waals surface area contributed by atoms with Crippen LogP contribution in [0.3, 0.4) is 0 Å². The summed E-state index contributed by atoms with van der Waals surface area (Å²) in [6, 6.07) is -1.35. The number of aryl methyl sites for hydroxylation is 2. The maximum absolute atomic E-state index is 13.2. The van der Waals surface area contributed by atoms with E-state index in [0.717, 1.165) is 16.0 Å². The summed E-state index contributed by atoms with van der Waals surface area (Å²) in [5.74, 6) is 0.0900. The zero-order chi connectivity index (χ0) is 20.4. The molecule has 0 aliphatic rings. The van der Waals surface area contributed by atoms with Gasteiger partial charge in [-0.15, -0.1) is 0 Å². The van der Waals surface area contributed by atoms with Crippen molar-refractivity contribution in [1.82, 2.24) is 23.1 Å². The molecule has 9 nitrogen and oxygen atoms in total. The predicted octanol–water partition coefficient (Wildman–Crippen LogP) is 1.07. The molecule has 0 aliphatic heterocycles. The molecule has 0 saturated heterocycles. The van der Waals surface area contributed by atoms with Crippen molar-refractivity contribution in [2.24, 2.45) is 7.05 Å². The fourth-order valence-corrected chi connectivity index (χ4v) is 3.41. The van der Waals surface area contributed by atoms with Gasteiger partial charge in [0.1, 0.15) is 0 Å². The van der Waals surface area contributed by atoms with Crippen LogP contribution in [0.5, 0.6) is 0 Å². The molecule has 3 heterocycles. The number of fused-ring (bicyclic) bond motifs is 3. The molecule has 0 aromatic carbocycles. The van der Waals surface area contributed by atoms with Gasteiger partial charge in [-0.3, -0.25) is 23.4 Å². The number of carbonyl (C=O) groups is 2. The average molecular weight is 373 g/mol. The molecule has 3 aromatic rings. The van der Waals surface area contributed by atoms with Gasteiger partial charge in [-0.05, 0) is 41.5 Å². The number of ketones is 2. The van der Waals surface area contributed by atoms with Crippen LogP contribution in [-0.2, 0) is 16.6 Å². The Morgan fingerprint density at radius 3 is 1.96 bits per heavy atom. The summed E-state index contributed by atoms with van der Waals surface area (Å²) in [6.07, 6.45) is 0. The molecule has 9 heteroatoms. The number of carbonyl (C=O) groups excluding carboxylic acids is 2. The van der Waals surface area contributed by atoms with Crippen LogP contribution < -0.4 is 11.2 Å². The average Bonchev–Trinajstić information content (AvgIpc) is 3.08. The molecule has 0 N–H and O–H groups in total. The van der Waals surface area contributed by atoms with E-state index < -0.39 is 23.3 Å². The first-order valence-electron chi connectivity index (χ1n) is 8.72. The van der Waals surface area contributed by atoms with Crippen molar-refractivity contribution in [3.8, 4) is 0 Å². The van der Waals surface area contributed by atoms with Crippen LogP contribution in [0.4, 0.5) is 0 Å². The number of imidazole rings is 2. The minimum Gasteiger partial charge on any atom is -0.304 e. The van der Waals surface area contributed by atoms with Crippen LogP contribution in [0.2, 0.25) is 0 Å². The number of hydrogen-bond acceptors (Lipinski definition) is 5. The van der Waals surface area contributed by atoms with E-state index in [1.165, 1.54) is 32.4 Å². The molecule has 0 radical (unpaired) electrons. The molecule has 144 valence electrons. The van der Waals surface area contributed by atoms with Crippen molar-refractivity contribution >= 4 is 28.5 Å². The molecule has 0 spiro atoms. The fourth-order valence-electron chi connectivity index (χ4n) is 3.41. The van der Waals surface area contributed by atoms with E-state index in [9.17, 15) is 19.2 Å². The summed E-state index contributed by atoms with van der Waals surface area (Å²) in [5, 5.41) is 0. The second-order valence-corrected chi connectivity index (χ2v) is 7.05. The largest absolute Gasteiger partial charge is 0.333 e. The van der Waals surface area contributed by atoms with Gasteiger partial charge in [0.2, 0.25) is 5.78 Å². The Kier molecular flexibility index (Phi) is 4.21. The van der Waals surface area contributed by atoms with Crippen LogP contribution in [0, 0.1) is 13.8 Å². The van der Waals surface area contributed by atoms with Crippen molar-refractivity contribution in [3.63, 3.8) is 0 Å². The van der Waals surface area contributed by atoms with E-state index in [2.05, 4.69) is 4.98 Å². The lowest BCUT2D eigenvalue weighted by Crippen LogP contribution is -2.42. The maximum Gasteiger partial charge on any atom is 0.333 e. The van der Waals surface area contributed by atoms with Crippen molar-refractivity contribution < 1.29 is 9.59 Å². The Bertz CT molecular complexity index is 1240. The minimum atomic E-state index is -0.884. The van der Waals surface area contributed by atoms with Crippen LogP contribution in [0.25, 0.3) is 16.9 Å². The number of aromatic nitrogens is 5. The molecule has 0 bridgehead atoms. The highest BCUT2D eigenvalue weighted by Gasteiger charge is 2.27. The summed E-state index contributed by atoms with van der Waals surface area (Å²) in [5.41, 5.74) is 0.824. The van der Waals surface area contributed by atoms with E-state index in [1.54, 1.807) is 15.9 Å². The smallest absolute Gasteiger partial charge is 0.304 e. The Hall–Kier alpha value is -2.97. The highest BCUT2D eigenvalue weighted by Crippen LogP contribution is 2.24. The van der Waals surface area contributed by atoms with Crippen LogP contribution in [0.1, 0.15) is 51.2 Å². The molecule has 27 heavy (non-hydrogen) atoms. The molecule has 0 unspecified atom stereocenters. The first-order valence-corrected chi connectivity index (χ1v) is 8.72. The standard InChI is InChI=1S/C18H23N5O4/c1-8-9(2)22-14-15(19-17(22)21(8)10(3)12(5)24)20(7)18(27)23(16(14)26)11(4)13(6)25/h10-11H,1-7H3/t10-,11-/m0/s1. The predicted molar refractivity (Wildman–Crippen MR) is 100 cm³/mol. The zero-order valence-electron chi connectivity index (χ0n) is 16.5.